The lowest BCUT2D eigenvalue weighted by atomic mass is 10.0. The van der Waals surface area contributed by atoms with E-state index in [2.05, 4.69) is 5.16 Å². The summed E-state index contributed by atoms with van der Waals surface area (Å²) in [6, 6.07) is 5.26. The minimum atomic E-state index is -0.215. The summed E-state index contributed by atoms with van der Waals surface area (Å²) in [6.07, 6.45) is 2.15. The van der Waals surface area contributed by atoms with Gasteiger partial charge in [0, 0.05) is 10.6 Å². The summed E-state index contributed by atoms with van der Waals surface area (Å²) in [7, 11) is 0. The van der Waals surface area contributed by atoms with Crippen molar-refractivity contribution >= 4 is 23.1 Å². The molecule has 0 radical (unpaired) electrons. The molecular weight excluding hydrogens is 214 g/mol. The molecule has 15 heavy (non-hydrogen) atoms. The van der Waals surface area contributed by atoms with Gasteiger partial charge in [-0.05, 0) is 37.0 Å². The lowest BCUT2D eigenvalue weighted by Crippen LogP contribution is -2.13. The third kappa shape index (κ3) is 1.88. The van der Waals surface area contributed by atoms with Crippen molar-refractivity contribution in [1.29, 1.82) is 0 Å². The first-order valence-electron chi connectivity index (χ1n) is 4.76. The molecule has 4 heteroatoms. The Hall–Kier alpha value is -1.35. The second-order valence-electron chi connectivity index (χ2n) is 3.53. The SMILES string of the molecule is O=C1C(=NO)CCCc2ccc(Cl)cc21. The number of carbonyl (C=O) groups is 1. The zero-order valence-electron chi connectivity index (χ0n) is 8.03. The van der Waals surface area contributed by atoms with Crippen LogP contribution < -0.4 is 0 Å². The zero-order chi connectivity index (χ0) is 10.8. The Morgan fingerprint density at radius 3 is 2.87 bits per heavy atom. The number of aryl methyl sites for hydroxylation is 1. The molecule has 0 aliphatic heterocycles. The van der Waals surface area contributed by atoms with E-state index in [1.807, 2.05) is 6.07 Å². The summed E-state index contributed by atoms with van der Waals surface area (Å²) < 4.78 is 0. The first kappa shape index (κ1) is 10.2. The van der Waals surface area contributed by atoms with E-state index in [-0.39, 0.29) is 11.5 Å². The first-order chi connectivity index (χ1) is 7.22. The highest BCUT2D eigenvalue weighted by atomic mass is 35.5. The first-order valence-corrected chi connectivity index (χ1v) is 5.14. The van der Waals surface area contributed by atoms with Crippen LogP contribution in [-0.4, -0.2) is 16.7 Å². The maximum Gasteiger partial charge on any atom is 0.210 e. The Morgan fingerprint density at radius 2 is 2.13 bits per heavy atom. The van der Waals surface area contributed by atoms with Crippen molar-refractivity contribution in [2.45, 2.75) is 19.3 Å². The zero-order valence-corrected chi connectivity index (χ0v) is 8.79. The van der Waals surface area contributed by atoms with Gasteiger partial charge in [0.2, 0.25) is 5.78 Å². The van der Waals surface area contributed by atoms with E-state index in [0.29, 0.717) is 17.0 Å². The van der Waals surface area contributed by atoms with E-state index in [9.17, 15) is 4.79 Å². The average Bonchev–Trinajstić information content (AvgIpc) is 2.39. The van der Waals surface area contributed by atoms with Crippen molar-refractivity contribution in [2.75, 3.05) is 0 Å². The minimum Gasteiger partial charge on any atom is -0.411 e. The van der Waals surface area contributed by atoms with Gasteiger partial charge in [0.05, 0.1) is 0 Å². The van der Waals surface area contributed by atoms with Gasteiger partial charge in [0.15, 0.2) is 0 Å². The molecule has 0 aromatic heterocycles. The summed E-state index contributed by atoms with van der Waals surface area (Å²) in [4.78, 5) is 11.9. The quantitative estimate of drug-likeness (QED) is 0.418. The monoisotopic (exact) mass is 223 g/mol. The molecule has 0 fully saturated rings. The van der Waals surface area contributed by atoms with E-state index in [0.717, 1.165) is 18.4 Å². The van der Waals surface area contributed by atoms with Crippen LogP contribution in [0.5, 0.6) is 0 Å². The number of oxime groups is 1. The summed E-state index contributed by atoms with van der Waals surface area (Å²) in [5.74, 6) is -0.215. The number of halogens is 1. The third-order valence-corrected chi connectivity index (χ3v) is 2.79. The molecule has 0 unspecified atom stereocenters. The van der Waals surface area contributed by atoms with Crippen LogP contribution >= 0.6 is 11.6 Å². The Morgan fingerprint density at radius 1 is 1.33 bits per heavy atom. The molecule has 0 spiro atoms. The van der Waals surface area contributed by atoms with E-state index in [1.165, 1.54) is 0 Å². The number of hydrogen-bond acceptors (Lipinski definition) is 3. The van der Waals surface area contributed by atoms with Crippen LogP contribution in [-0.2, 0) is 6.42 Å². The fourth-order valence-electron chi connectivity index (χ4n) is 1.79. The molecule has 2 rings (SSSR count). The van der Waals surface area contributed by atoms with Gasteiger partial charge < -0.3 is 5.21 Å². The highest BCUT2D eigenvalue weighted by molar-refractivity contribution is 6.46. The van der Waals surface area contributed by atoms with E-state index >= 15 is 0 Å². The second kappa shape index (κ2) is 4.03. The number of rotatable bonds is 0. The van der Waals surface area contributed by atoms with Crippen molar-refractivity contribution in [1.82, 2.24) is 0 Å². The Kier molecular flexibility index (Phi) is 2.73. The molecule has 0 saturated heterocycles. The lowest BCUT2D eigenvalue weighted by Gasteiger charge is -2.03. The molecule has 0 amide bonds. The minimum absolute atomic E-state index is 0.215. The van der Waals surface area contributed by atoms with Crippen LogP contribution in [0.3, 0.4) is 0 Å². The van der Waals surface area contributed by atoms with E-state index in [4.69, 9.17) is 16.8 Å². The molecule has 0 saturated carbocycles. The number of hydrogen-bond donors (Lipinski definition) is 1. The normalized spacial score (nSPS) is 18.7. The van der Waals surface area contributed by atoms with Crippen molar-refractivity contribution in [3.63, 3.8) is 0 Å². The summed E-state index contributed by atoms with van der Waals surface area (Å²) in [6.45, 7) is 0. The van der Waals surface area contributed by atoms with Gasteiger partial charge >= 0.3 is 0 Å². The molecule has 0 bridgehead atoms. The highest BCUT2D eigenvalue weighted by Crippen LogP contribution is 2.22. The molecule has 1 aromatic carbocycles. The predicted octanol–water partition coefficient (Wildman–Crippen LogP) is 2.69. The molecule has 1 aromatic rings. The van der Waals surface area contributed by atoms with Crippen LogP contribution in [0.15, 0.2) is 23.4 Å². The van der Waals surface area contributed by atoms with Crippen molar-refractivity contribution in [3.05, 3.63) is 34.3 Å². The van der Waals surface area contributed by atoms with Crippen molar-refractivity contribution in [2.24, 2.45) is 5.16 Å². The van der Waals surface area contributed by atoms with Gasteiger partial charge in [-0.2, -0.15) is 0 Å². The van der Waals surface area contributed by atoms with Crippen LogP contribution in [0.1, 0.15) is 28.8 Å². The van der Waals surface area contributed by atoms with Crippen LogP contribution in [0.25, 0.3) is 0 Å². The second-order valence-corrected chi connectivity index (χ2v) is 3.97. The lowest BCUT2D eigenvalue weighted by molar-refractivity contribution is 0.106. The molecule has 1 N–H and O–H groups in total. The third-order valence-electron chi connectivity index (χ3n) is 2.56. The molecule has 78 valence electrons. The molecule has 3 nitrogen and oxygen atoms in total. The van der Waals surface area contributed by atoms with Crippen LogP contribution in [0, 0.1) is 0 Å². The standard InChI is InChI=1S/C11H10ClNO2/c12-8-5-4-7-2-1-3-10(13-15)11(14)9(7)6-8/h4-6,15H,1-3H2. The Labute approximate surface area is 92.4 Å². The summed E-state index contributed by atoms with van der Waals surface area (Å²) >= 11 is 5.83. The summed E-state index contributed by atoms with van der Waals surface area (Å²) in [5.41, 5.74) is 1.76. The van der Waals surface area contributed by atoms with E-state index < -0.39 is 0 Å². The number of carbonyl (C=O) groups excluding carboxylic acids is 1. The van der Waals surface area contributed by atoms with Crippen molar-refractivity contribution < 1.29 is 10.0 Å². The van der Waals surface area contributed by atoms with Gasteiger partial charge in [-0.25, -0.2) is 0 Å². The number of fused-ring (bicyclic) bond motifs is 1. The number of benzene rings is 1. The largest absolute Gasteiger partial charge is 0.411 e. The molecule has 0 heterocycles. The predicted molar refractivity (Wildman–Crippen MR) is 57.9 cm³/mol. The number of Topliss-reactive ketones (excluding diaryl/α,β-unsaturated/α-hetero) is 1. The van der Waals surface area contributed by atoms with Gasteiger partial charge in [-0.15, -0.1) is 0 Å². The van der Waals surface area contributed by atoms with Gasteiger partial charge in [-0.3, -0.25) is 4.79 Å². The maximum absolute atomic E-state index is 11.9. The molecule has 1 aliphatic rings. The average molecular weight is 224 g/mol. The Balaban J connectivity index is 2.54. The fourth-order valence-corrected chi connectivity index (χ4v) is 1.96. The Bertz CT molecular complexity index is 440. The highest BCUT2D eigenvalue weighted by Gasteiger charge is 2.21. The van der Waals surface area contributed by atoms with Gasteiger partial charge in [-0.1, -0.05) is 22.8 Å². The van der Waals surface area contributed by atoms with Crippen molar-refractivity contribution in [3.8, 4) is 0 Å². The van der Waals surface area contributed by atoms with Crippen LogP contribution in [0.2, 0.25) is 5.02 Å². The van der Waals surface area contributed by atoms with Crippen LogP contribution in [0.4, 0.5) is 0 Å². The topological polar surface area (TPSA) is 49.7 Å². The fraction of sp³-hybridized carbons (Fsp3) is 0.273. The molecule has 1 aliphatic carbocycles. The van der Waals surface area contributed by atoms with Gasteiger partial charge in [0.25, 0.3) is 0 Å². The number of nitrogens with zero attached hydrogens (tertiary/aromatic N) is 1. The smallest absolute Gasteiger partial charge is 0.210 e. The number of ketones is 1. The maximum atomic E-state index is 11.9. The van der Waals surface area contributed by atoms with Gasteiger partial charge in [0.1, 0.15) is 5.71 Å². The van der Waals surface area contributed by atoms with E-state index in [1.54, 1.807) is 12.1 Å². The molecular formula is C11H10ClNO2. The molecule has 0 atom stereocenters. The summed E-state index contributed by atoms with van der Waals surface area (Å²) in [5, 5.41) is 12.3.